The second-order valence-corrected chi connectivity index (χ2v) is 6.36. The minimum Gasteiger partial charge on any atom is -0.491 e. The molecule has 0 spiro atoms. The highest BCUT2D eigenvalue weighted by molar-refractivity contribution is 6.26. The molecule has 3 rings (SSSR count). The minimum absolute atomic E-state index is 0.0722. The van der Waals surface area contributed by atoms with E-state index in [2.05, 4.69) is 4.74 Å². The standard InChI is InChI=1S/C14H13Cl2F3O2/c1-20-13-7-6-4(3-5(8(7)15)9(13)16)10(17)14(21-2)12(19)11(6)18/h5,7-9,13H,3H2,1-2H3/t5-,7+,8?,9+,13-/m1/s1. The molecule has 1 saturated carbocycles. The molecule has 0 saturated heterocycles. The second kappa shape index (κ2) is 5.21. The molecule has 2 aliphatic rings. The van der Waals surface area contributed by atoms with Crippen molar-refractivity contribution in [1.82, 2.24) is 0 Å². The SMILES string of the molecule is COc1c(F)c(F)c2c(c1F)C[C@@H]1C(Cl)[C@H]2[C@@H](OC)[C@H]1Cl. The average Bonchev–Trinajstić information content (AvgIpc) is 2.61. The molecule has 1 aromatic rings. The van der Waals surface area contributed by atoms with E-state index in [1.54, 1.807) is 0 Å². The zero-order valence-electron chi connectivity index (χ0n) is 11.3. The number of benzene rings is 1. The molecule has 1 unspecified atom stereocenters. The number of alkyl halides is 2. The van der Waals surface area contributed by atoms with Gasteiger partial charge in [0.25, 0.3) is 0 Å². The van der Waals surface area contributed by atoms with E-state index in [4.69, 9.17) is 27.9 Å². The summed E-state index contributed by atoms with van der Waals surface area (Å²) < 4.78 is 52.7. The molecule has 116 valence electrons. The average molecular weight is 341 g/mol. The smallest absolute Gasteiger partial charge is 0.203 e. The summed E-state index contributed by atoms with van der Waals surface area (Å²) in [7, 11) is 2.52. The number of rotatable bonds is 2. The Morgan fingerprint density at radius 3 is 2.24 bits per heavy atom. The molecule has 1 fully saturated rings. The van der Waals surface area contributed by atoms with Crippen molar-refractivity contribution < 1.29 is 22.6 Å². The lowest BCUT2D eigenvalue weighted by atomic mass is 9.81. The van der Waals surface area contributed by atoms with Crippen molar-refractivity contribution in [1.29, 1.82) is 0 Å². The molecule has 5 atom stereocenters. The highest BCUT2D eigenvalue weighted by Crippen LogP contribution is 2.54. The maximum atomic E-state index is 14.4. The molecule has 21 heavy (non-hydrogen) atoms. The summed E-state index contributed by atoms with van der Waals surface area (Å²) in [5, 5.41) is -1.01. The van der Waals surface area contributed by atoms with Gasteiger partial charge in [0.05, 0.1) is 18.6 Å². The Morgan fingerprint density at radius 2 is 1.67 bits per heavy atom. The maximum Gasteiger partial charge on any atom is 0.203 e. The Hall–Kier alpha value is -0.650. The Kier molecular flexibility index (Phi) is 3.79. The van der Waals surface area contributed by atoms with E-state index < -0.39 is 46.0 Å². The van der Waals surface area contributed by atoms with Gasteiger partial charge in [-0.15, -0.1) is 23.2 Å². The number of ether oxygens (including phenoxy) is 2. The molecule has 2 nitrogen and oxygen atoms in total. The number of methoxy groups -OCH3 is 2. The van der Waals surface area contributed by atoms with Crippen molar-refractivity contribution >= 4 is 23.2 Å². The largest absolute Gasteiger partial charge is 0.491 e. The fourth-order valence-corrected chi connectivity index (χ4v) is 4.65. The second-order valence-electron chi connectivity index (χ2n) is 5.35. The van der Waals surface area contributed by atoms with Crippen molar-refractivity contribution in [3.8, 4) is 5.75 Å². The normalized spacial score (nSPS) is 34.0. The van der Waals surface area contributed by atoms with Gasteiger partial charge >= 0.3 is 0 Å². The summed E-state index contributed by atoms with van der Waals surface area (Å²) in [6.07, 6.45) is -0.449. The first-order chi connectivity index (χ1) is 9.93. The molecule has 0 radical (unpaired) electrons. The third kappa shape index (κ3) is 1.90. The van der Waals surface area contributed by atoms with Gasteiger partial charge in [-0.3, -0.25) is 0 Å². The van der Waals surface area contributed by atoms with E-state index in [0.717, 1.165) is 7.11 Å². The van der Waals surface area contributed by atoms with Gasteiger partial charge in [0.2, 0.25) is 5.82 Å². The van der Waals surface area contributed by atoms with Crippen molar-refractivity contribution in [2.24, 2.45) is 5.92 Å². The van der Waals surface area contributed by atoms with Crippen molar-refractivity contribution in [3.63, 3.8) is 0 Å². The van der Waals surface area contributed by atoms with Crippen molar-refractivity contribution in [3.05, 3.63) is 28.6 Å². The van der Waals surface area contributed by atoms with Crippen LogP contribution in [0, 0.1) is 23.4 Å². The Bertz CT molecular complexity index is 596. The molecule has 7 heteroatoms. The third-order valence-corrected chi connectivity index (χ3v) is 5.66. The van der Waals surface area contributed by atoms with Gasteiger partial charge in [-0.2, -0.15) is 4.39 Å². The highest BCUT2D eigenvalue weighted by Gasteiger charge is 2.55. The third-order valence-electron chi connectivity index (χ3n) is 4.50. The first kappa shape index (κ1) is 15.3. The van der Waals surface area contributed by atoms with Crippen LogP contribution in [-0.4, -0.2) is 31.1 Å². The molecule has 0 N–H and O–H groups in total. The van der Waals surface area contributed by atoms with Crippen LogP contribution in [0.3, 0.4) is 0 Å². The van der Waals surface area contributed by atoms with Gasteiger partial charge in [-0.1, -0.05) is 0 Å². The van der Waals surface area contributed by atoms with Crippen LogP contribution in [0.5, 0.6) is 5.75 Å². The van der Waals surface area contributed by atoms with E-state index in [9.17, 15) is 13.2 Å². The predicted molar refractivity (Wildman–Crippen MR) is 72.9 cm³/mol. The minimum atomic E-state index is -1.34. The van der Waals surface area contributed by atoms with Crippen LogP contribution < -0.4 is 4.74 Å². The van der Waals surface area contributed by atoms with Gasteiger partial charge in [-0.25, -0.2) is 8.78 Å². The van der Waals surface area contributed by atoms with Crippen LogP contribution in [0.4, 0.5) is 13.2 Å². The highest BCUT2D eigenvalue weighted by atomic mass is 35.5. The maximum absolute atomic E-state index is 14.4. The lowest BCUT2D eigenvalue weighted by molar-refractivity contribution is 0.0952. The summed E-state index contributed by atoms with van der Waals surface area (Å²) in [5.41, 5.74) is 0.0138. The van der Waals surface area contributed by atoms with E-state index in [0.29, 0.717) is 0 Å². The van der Waals surface area contributed by atoms with Crippen LogP contribution >= 0.6 is 23.2 Å². The Balaban J connectivity index is 2.26. The summed E-state index contributed by atoms with van der Waals surface area (Å²) >= 11 is 12.6. The van der Waals surface area contributed by atoms with Crippen LogP contribution in [0.1, 0.15) is 17.0 Å². The molecule has 0 aromatic heterocycles. The van der Waals surface area contributed by atoms with Crippen LogP contribution in [0.2, 0.25) is 0 Å². The fraction of sp³-hybridized carbons (Fsp3) is 0.571. The van der Waals surface area contributed by atoms with Crippen molar-refractivity contribution in [2.75, 3.05) is 14.2 Å². The van der Waals surface area contributed by atoms with Crippen LogP contribution in [-0.2, 0) is 11.2 Å². The summed E-state index contributed by atoms with van der Waals surface area (Å²) in [6, 6.07) is 0. The van der Waals surface area contributed by atoms with E-state index in [-0.39, 0.29) is 23.5 Å². The molecular formula is C14H13Cl2F3O2. The lowest BCUT2D eigenvalue weighted by Gasteiger charge is -2.30. The van der Waals surface area contributed by atoms with Crippen LogP contribution in [0.15, 0.2) is 0 Å². The summed E-state index contributed by atoms with van der Waals surface area (Å²) in [4.78, 5) is 0. The molecule has 0 aliphatic heterocycles. The molecule has 0 heterocycles. The van der Waals surface area contributed by atoms with Gasteiger partial charge in [-0.05, 0) is 17.9 Å². The Labute approximate surface area is 130 Å². The quantitative estimate of drug-likeness (QED) is 0.604. The predicted octanol–water partition coefficient (Wildman–Crippen LogP) is 3.61. The summed E-state index contributed by atoms with van der Waals surface area (Å²) in [5.74, 6) is -5.01. The number of hydrogen-bond acceptors (Lipinski definition) is 2. The van der Waals surface area contributed by atoms with Crippen molar-refractivity contribution in [2.45, 2.75) is 29.2 Å². The van der Waals surface area contributed by atoms with Gasteiger partial charge in [0.1, 0.15) is 0 Å². The Morgan fingerprint density at radius 1 is 1.00 bits per heavy atom. The topological polar surface area (TPSA) is 18.5 Å². The summed E-state index contributed by atoms with van der Waals surface area (Å²) in [6.45, 7) is 0. The number of halogens is 5. The molecule has 1 aromatic carbocycles. The lowest BCUT2D eigenvalue weighted by Crippen LogP contribution is -2.29. The number of hydrogen-bond donors (Lipinski definition) is 0. The molecule has 0 amide bonds. The van der Waals surface area contributed by atoms with Gasteiger partial charge < -0.3 is 9.47 Å². The van der Waals surface area contributed by atoms with E-state index in [1.165, 1.54) is 7.11 Å². The van der Waals surface area contributed by atoms with Gasteiger partial charge in [0, 0.05) is 24.0 Å². The molecule has 2 aliphatic carbocycles. The first-order valence-electron chi connectivity index (χ1n) is 6.48. The zero-order valence-corrected chi connectivity index (χ0v) is 12.8. The fourth-order valence-electron chi connectivity index (χ4n) is 3.55. The molecular weight excluding hydrogens is 328 g/mol. The van der Waals surface area contributed by atoms with E-state index in [1.807, 2.05) is 0 Å². The number of fused-ring (bicyclic) bond motifs is 4. The molecule has 2 bridgehead atoms. The van der Waals surface area contributed by atoms with E-state index >= 15 is 0 Å². The first-order valence-corrected chi connectivity index (χ1v) is 7.35. The van der Waals surface area contributed by atoms with Crippen LogP contribution in [0.25, 0.3) is 0 Å². The zero-order chi connectivity index (χ0) is 15.5. The van der Waals surface area contributed by atoms with Gasteiger partial charge in [0.15, 0.2) is 17.4 Å². The monoisotopic (exact) mass is 340 g/mol.